The molecular formula is C17H16ClNO4. The Labute approximate surface area is 139 Å². The van der Waals surface area contributed by atoms with Crippen molar-refractivity contribution in [1.29, 1.82) is 0 Å². The summed E-state index contributed by atoms with van der Waals surface area (Å²) >= 11 is 6.05. The topological polar surface area (TPSA) is 64.6 Å². The zero-order valence-corrected chi connectivity index (χ0v) is 13.7. The molecule has 6 heteroatoms. The number of hydrogen-bond donors (Lipinski definition) is 1. The van der Waals surface area contributed by atoms with Crippen LogP contribution >= 0.6 is 11.6 Å². The highest BCUT2D eigenvalue weighted by molar-refractivity contribution is 6.31. The van der Waals surface area contributed by atoms with Gasteiger partial charge in [0.2, 0.25) is 0 Å². The van der Waals surface area contributed by atoms with Gasteiger partial charge in [-0.1, -0.05) is 23.7 Å². The van der Waals surface area contributed by atoms with Crippen molar-refractivity contribution in [1.82, 2.24) is 0 Å². The number of ether oxygens (including phenoxy) is 2. The van der Waals surface area contributed by atoms with Crippen molar-refractivity contribution in [2.75, 3.05) is 12.4 Å². The third-order valence-corrected chi connectivity index (χ3v) is 3.52. The summed E-state index contributed by atoms with van der Waals surface area (Å²) in [5.74, 6) is -0.270. The number of methoxy groups -OCH3 is 1. The summed E-state index contributed by atoms with van der Waals surface area (Å²) in [6.07, 6.45) is 0. The highest BCUT2D eigenvalue weighted by Gasteiger charge is 2.16. The van der Waals surface area contributed by atoms with Gasteiger partial charge in [0, 0.05) is 18.0 Å². The third kappa shape index (κ3) is 4.02. The Balaban J connectivity index is 2.33. The van der Waals surface area contributed by atoms with Gasteiger partial charge in [-0.25, -0.2) is 0 Å². The molecule has 5 nitrogen and oxygen atoms in total. The van der Waals surface area contributed by atoms with Gasteiger partial charge in [-0.15, -0.1) is 0 Å². The van der Waals surface area contributed by atoms with Crippen molar-refractivity contribution < 1.29 is 19.1 Å². The minimum Gasteiger partial charge on any atom is -0.495 e. The summed E-state index contributed by atoms with van der Waals surface area (Å²) in [6, 6.07) is 9.84. The molecule has 0 radical (unpaired) electrons. The van der Waals surface area contributed by atoms with Crippen LogP contribution in [0.15, 0.2) is 36.4 Å². The van der Waals surface area contributed by atoms with Crippen LogP contribution in [0.2, 0.25) is 5.02 Å². The number of benzene rings is 2. The zero-order valence-electron chi connectivity index (χ0n) is 13.0. The van der Waals surface area contributed by atoms with E-state index in [1.165, 1.54) is 14.0 Å². The average molecular weight is 334 g/mol. The number of rotatable bonds is 4. The molecule has 0 heterocycles. The van der Waals surface area contributed by atoms with Crippen LogP contribution in [0.1, 0.15) is 22.8 Å². The first kappa shape index (κ1) is 16.8. The SMILES string of the molecule is COc1cc(Cl)c(C)cc1NC(=O)c1ccccc1OC(C)=O. The normalized spacial score (nSPS) is 10.1. The molecule has 0 atom stereocenters. The highest BCUT2D eigenvalue weighted by atomic mass is 35.5. The van der Waals surface area contributed by atoms with Crippen LogP contribution in [0.4, 0.5) is 5.69 Å². The fraction of sp³-hybridized carbons (Fsp3) is 0.176. The Morgan fingerprint density at radius 3 is 2.48 bits per heavy atom. The van der Waals surface area contributed by atoms with E-state index < -0.39 is 11.9 Å². The number of para-hydroxylation sites is 1. The minimum absolute atomic E-state index is 0.196. The summed E-state index contributed by atoms with van der Waals surface area (Å²) < 4.78 is 10.3. The second-order valence-corrected chi connectivity index (χ2v) is 5.25. The van der Waals surface area contributed by atoms with Crippen molar-refractivity contribution >= 4 is 29.2 Å². The van der Waals surface area contributed by atoms with Gasteiger partial charge in [-0.2, -0.15) is 0 Å². The molecule has 2 rings (SSSR count). The van der Waals surface area contributed by atoms with Crippen LogP contribution in [0.5, 0.6) is 11.5 Å². The molecule has 1 amide bonds. The fourth-order valence-electron chi connectivity index (χ4n) is 2.02. The standard InChI is InChI=1S/C17H16ClNO4/c1-10-8-14(16(22-3)9-13(10)18)19-17(21)12-6-4-5-7-15(12)23-11(2)20/h4-9H,1-3H3,(H,19,21). The number of halogens is 1. The summed E-state index contributed by atoms with van der Waals surface area (Å²) in [5, 5.41) is 3.29. The maximum atomic E-state index is 12.5. The van der Waals surface area contributed by atoms with E-state index >= 15 is 0 Å². The second-order valence-electron chi connectivity index (χ2n) is 4.85. The number of aryl methyl sites for hydroxylation is 1. The van der Waals surface area contributed by atoms with Crippen LogP contribution in [-0.2, 0) is 4.79 Å². The first-order valence-electron chi connectivity index (χ1n) is 6.85. The fourth-order valence-corrected chi connectivity index (χ4v) is 2.17. The quantitative estimate of drug-likeness (QED) is 0.682. The Hall–Kier alpha value is -2.53. The highest BCUT2D eigenvalue weighted by Crippen LogP contribution is 2.31. The van der Waals surface area contributed by atoms with Gasteiger partial charge >= 0.3 is 5.97 Å². The van der Waals surface area contributed by atoms with Gasteiger partial charge in [0.25, 0.3) is 5.91 Å². The van der Waals surface area contributed by atoms with E-state index in [-0.39, 0.29) is 11.3 Å². The molecule has 0 unspecified atom stereocenters. The van der Waals surface area contributed by atoms with E-state index in [2.05, 4.69) is 5.32 Å². The molecule has 0 aliphatic rings. The van der Waals surface area contributed by atoms with Crippen molar-refractivity contribution in [2.24, 2.45) is 0 Å². The molecule has 23 heavy (non-hydrogen) atoms. The number of nitrogens with one attached hydrogen (secondary N) is 1. The van der Waals surface area contributed by atoms with Gasteiger partial charge < -0.3 is 14.8 Å². The molecule has 120 valence electrons. The summed E-state index contributed by atoms with van der Waals surface area (Å²) in [4.78, 5) is 23.6. The molecule has 0 spiro atoms. The van der Waals surface area contributed by atoms with Crippen LogP contribution in [0, 0.1) is 6.92 Å². The molecule has 0 aromatic heterocycles. The first-order chi connectivity index (χ1) is 10.9. The molecule has 2 aromatic carbocycles. The molecular weight excluding hydrogens is 318 g/mol. The van der Waals surface area contributed by atoms with E-state index in [1.807, 2.05) is 6.92 Å². The number of amides is 1. The number of carbonyl (C=O) groups excluding carboxylic acids is 2. The molecule has 0 aliphatic carbocycles. The molecule has 0 bridgehead atoms. The number of anilines is 1. The second kappa shape index (κ2) is 7.15. The van der Waals surface area contributed by atoms with Crippen molar-refractivity contribution in [2.45, 2.75) is 13.8 Å². The third-order valence-electron chi connectivity index (χ3n) is 3.11. The smallest absolute Gasteiger partial charge is 0.308 e. The predicted octanol–water partition coefficient (Wildman–Crippen LogP) is 3.83. The lowest BCUT2D eigenvalue weighted by atomic mass is 10.1. The van der Waals surface area contributed by atoms with Crippen LogP contribution in [-0.4, -0.2) is 19.0 Å². The lowest BCUT2D eigenvalue weighted by Crippen LogP contribution is -2.15. The van der Waals surface area contributed by atoms with E-state index in [4.69, 9.17) is 21.1 Å². The lowest BCUT2D eigenvalue weighted by Gasteiger charge is -2.13. The number of esters is 1. The monoisotopic (exact) mass is 333 g/mol. The van der Waals surface area contributed by atoms with Gasteiger partial charge in [-0.3, -0.25) is 9.59 Å². The molecule has 1 N–H and O–H groups in total. The Morgan fingerprint density at radius 1 is 1.13 bits per heavy atom. The Bertz CT molecular complexity index is 758. The van der Waals surface area contributed by atoms with Gasteiger partial charge in [0.05, 0.1) is 18.4 Å². The largest absolute Gasteiger partial charge is 0.495 e. The zero-order chi connectivity index (χ0) is 17.0. The summed E-state index contributed by atoms with van der Waals surface area (Å²) in [5.41, 5.74) is 1.53. The van der Waals surface area contributed by atoms with Crippen LogP contribution in [0.25, 0.3) is 0 Å². The van der Waals surface area contributed by atoms with Crippen LogP contribution < -0.4 is 14.8 Å². The maximum Gasteiger partial charge on any atom is 0.308 e. The summed E-state index contributed by atoms with van der Waals surface area (Å²) in [7, 11) is 1.49. The molecule has 2 aromatic rings. The Morgan fingerprint density at radius 2 is 1.83 bits per heavy atom. The van der Waals surface area contributed by atoms with Crippen LogP contribution in [0.3, 0.4) is 0 Å². The lowest BCUT2D eigenvalue weighted by molar-refractivity contribution is -0.131. The van der Waals surface area contributed by atoms with E-state index in [0.29, 0.717) is 16.5 Å². The Kier molecular flexibility index (Phi) is 5.24. The summed E-state index contributed by atoms with van der Waals surface area (Å²) in [6.45, 7) is 3.10. The average Bonchev–Trinajstić information content (AvgIpc) is 2.50. The molecule has 0 saturated carbocycles. The van der Waals surface area contributed by atoms with E-state index in [0.717, 1.165) is 5.56 Å². The minimum atomic E-state index is -0.495. The van der Waals surface area contributed by atoms with Gasteiger partial charge in [0.1, 0.15) is 11.5 Å². The van der Waals surface area contributed by atoms with Crippen molar-refractivity contribution in [3.05, 3.63) is 52.5 Å². The molecule has 0 aliphatic heterocycles. The van der Waals surface area contributed by atoms with Gasteiger partial charge in [-0.05, 0) is 30.7 Å². The van der Waals surface area contributed by atoms with Crippen molar-refractivity contribution in [3.8, 4) is 11.5 Å². The molecule has 0 fully saturated rings. The van der Waals surface area contributed by atoms with E-state index in [9.17, 15) is 9.59 Å². The first-order valence-corrected chi connectivity index (χ1v) is 7.23. The number of hydrogen-bond acceptors (Lipinski definition) is 4. The van der Waals surface area contributed by atoms with E-state index in [1.54, 1.807) is 36.4 Å². The number of carbonyl (C=O) groups is 2. The van der Waals surface area contributed by atoms with Gasteiger partial charge in [0.15, 0.2) is 0 Å². The molecule has 0 saturated heterocycles. The maximum absolute atomic E-state index is 12.5. The predicted molar refractivity (Wildman–Crippen MR) is 88.4 cm³/mol. The van der Waals surface area contributed by atoms with Crippen molar-refractivity contribution in [3.63, 3.8) is 0 Å².